The third-order valence-corrected chi connectivity index (χ3v) is 6.81. The van der Waals surface area contributed by atoms with Crippen molar-refractivity contribution in [2.45, 2.75) is 38.9 Å². The number of fused-ring (bicyclic) bond motifs is 1. The number of rotatable bonds is 10. The van der Waals surface area contributed by atoms with Gasteiger partial charge in [-0.15, -0.1) is 0 Å². The molecule has 3 aromatic carbocycles. The molecule has 200 valence electrons. The normalized spacial score (nSPS) is 12.1. The first-order valence-electron chi connectivity index (χ1n) is 13.1. The van der Waals surface area contributed by atoms with Crippen LogP contribution in [0.4, 0.5) is 0 Å². The molecule has 39 heavy (non-hydrogen) atoms. The Morgan fingerprint density at radius 2 is 1.46 bits per heavy atom. The average molecular weight is 525 g/mol. The van der Waals surface area contributed by atoms with E-state index >= 15 is 0 Å². The fourth-order valence-corrected chi connectivity index (χ4v) is 4.78. The monoisotopic (exact) mass is 524 g/mol. The molecule has 2 heterocycles. The van der Waals surface area contributed by atoms with Gasteiger partial charge in [0.25, 0.3) is 0 Å². The van der Waals surface area contributed by atoms with E-state index in [9.17, 15) is 9.59 Å². The van der Waals surface area contributed by atoms with Crippen molar-refractivity contribution in [3.05, 3.63) is 120 Å². The summed E-state index contributed by atoms with van der Waals surface area (Å²) in [5.74, 6) is 1.20. The summed E-state index contributed by atoms with van der Waals surface area (Å²) in [6, 6.07) is 28.5. The molecule has 5 rings (SSSR count). The first kappa shape index (κ1) is 26.1. The van der Waals surface area contributed by atoms with Crippen LogP contribution < -0.4 is 9.47 Å². The van der Waals surface area contributed by atoms with E-state index in [2.05, 4.69) is 0 Å². The van der Waals surface area contributed by atoms with Gasteiger partial charge in [0, 0.05) is 12.6 Å². The zero-order valence-corrected chi connectivity index (χ0v) is 22.2. The van der Waals surface area contributed by atoms with Gasteiger partial charge >= 0.3 is 0 Å². The average Bonchev–Trinajstić information content (AvgIpc) is 3.64. The molecular weight excluding hydrogens is 492 g/mol. The van der Waals surface area contributed by atoms with Crippen LogP contribution in [-0.4, -0.2) is 41.0 Å². The summed E-state index contributed by atoms with van der Waals surface area (Å²) in [5.41, 5.74) is 2.67. The fourth-order valence-electron chi connectivity index (χ4n) is 4.78. The predicted octanol–water partition coefficient (Wildman–Crippen LogP) is 5.61. The Hall–Kier alpha value is -4.52. The number of amides is 2. The summed E-state index contributed by atoms with van der Waals surface area (Å²) in [6.45, 7) is 4.61. The molecule has 0 bridgehead atoms. The third kappa shape index (κ3) is 6.14. The van der Waals surface area contributed by atoms with Crippen molar-refractivity contribution < 1.29 is 23.5 Å². The lowest BCUT2D eigenvalue weighted by Crippen LogP contribution is -2.47. The Bertz CT molecular complexity index is 1350. The van der Waals surface area contributed by atoms with Gasteiger partial charge in [0.2, 0.25) is 18.6 Å². The van der Waals surface area contributed by atoms with E-state index < -0.39 is 5.92 Å². The van der Waals surface area contributed by atoms with Gasteiger partial charge in [0.05, 0.1) is 18.7 Å². The van der Waals surface area contributed by atoms with E-state index in [1.807, 2.05) is 98.8 Å². The summed E-state index contributed by atoms with van der Waals surface area (Å²) >= 11 is 0. The van der Waals surface area contributed by atoms with Crippen LogP contribution in [0.15, 0.2) is 102 Å². The van der Waals surface area contributed by atoms with Crippen LogP contribution in [0.3, 0.4) is 0 Å². The molecule has 4 aromatic rings. The molecule has 0 aliphatic carbocycles. The molecule has 0 atom stereocenters. The van der Waals surface area contributed by atoms with Crippen molar-refractivity contribution in [2.24, 2.45) is 0 Å². The minimum Gasteiger partial charge on any atom is -0.467 e. The van der Waals surface area contributed by atoms with Gasteiger partial charge < -0.3 is 23.7 Å². The zero-order chi connectivity index (χ0) is 27.2. The highest BCUT2D eigenvalue weighted by molar-refractivity contribution is 5.91. The van der Waals surface area contributed by atoms with Gasteiger partial charge in [-0.25, -0.2) is 0 Å². The first-order valence-corrected chi connectivity index (χ1v) is 13.1. The summed E-state index contributed by atoms with van der Waals surface area (Å²) in [7, 11) is 0. The summed E-state index contributed by atoms with van der Waals surface area (Å²) < 4.78 is 16.5. The summed E-state index contributed by atoms with van der Waals surface area (Å²) in [4.78, 5) is 31.4. The van der Waals surface area contributed by atoms with E-state index in [0.717, 1.165) is 16.7 Å². The quantitative estimate of drug-likeness (QED) is 0.270. The van der Waals surface area contributed by atoms with Crippen LogP contribution in [0, 0.1) is 0 Å². The minimum atomic E-state index is -0.519. The number of carbonyl (C=O) groups excluding carboxylic acids is 2. The molecule has 0 fully saturated rings. The standard InChI is InChI=1S/C32H32N2O5/c1-23(2)34(32(36)31(25-10-5-3-6-11-25)26-12-7-4-8-13-26)21-30(35)33(20-27-14-9-17-37-27)19-24-15-16-28-29(18-24)39-22-38-28/h3-18,23,31H,19-22H2,1-2H3. The van der Waals surface area contributed by atoms with Crippen LogP contribution in [0.5, 0.6) is 11.5 Å². The lowest BCUT2D eigenvalue weighted by Gasteiger charge is -2.33. The summed E-state index contributed by atoms with van der Waals surface area (Å²) in [5, 5.41) is 0. The highest BCUT2D eigenvalue weighted by atomic mass is 16.7. The van der Waals surface area contributed by atoms with Crippen molar-refractivity contribution in [1.82, 2.24) is 9.80 Å². The number of carbonyl (C=O) groups is 2. The highest BCUT2D eigenvalue weighted by Gasteiger charge is 2.31. The number of ether oxygens (including phenoxy) is 2. The summed E-state index contributed by atoms with van der Waals surface area (Å²) in [6.07, 6.45) is 1.59. The third-order valence-electron chi connectivity index (χ3n) is 6.81. The number of nitrogens with zero attached hydrogens (tertiary/aromatic N) is 2. The number of hydrogen-bond donors (Lipinski definition) is 0. The second-order valence-electron chi connectivity index (χ2n) is 9.83. The van der Waals surface area contributed by atoms with Gasteiger partial charge in [0.1, 0.15) is 12.3 Å². The maximum absolute atomic E-state index is 14.2. The Morgan fingerprint density at radius 1 is 0.795 bits per heavy atom. The first-order chi connectivity index (χ1) is 19.0. The number of benzene rings is 3. The van der Waals surface area contributed by atoms with Gasteiger partial charge in [0.15, 0.2) is 11.5 Å². The molecule has 0 saturated heterocycles. The van der Waals surface area contributed by atoms with E-state index in [4.69, 9.17) is 13.9 Å². The molecule has 0 radical (unpaired) electrons. The maximum atomic E-state index is 14.2. The second-order valence-corrected chi connectivity index (χ2v) is 9.83. The topological polar surface area (TPSA) is 72.2 Å². The predicted molar refractivity (Wildman–Crippen MR) is 147 cm³/mol. The van der Waals surface area contributed by atoms with Gasteiger partial charge in [-0.2, -0.15) is 0 Å². The Kier molecular flexibility index (Phi) is 7.96. The lowest BCUT2D eigenvalue weighted by atomic mass is 9.89. The van der Waals surface area contributed by atoms with Crippen molar-refractivity contribution in [2.75, 3.05) is 13.3 Å². The molecule has 0 unspecified atom stereocenters. The van der Waals surface area contributed by atoms with Crippen LogP contribution >= 0.6 is 0 Å². The molecule has 0 saturated carbocycles. The van der Waals surface area contributed by atoms with Crippen LogP contribution in [-0.2, 0) is 22.7 Å². The molecule has 1 aliphatic heterocycles. The number of hydrogen-bond acceptors (Lipinski definition) is 5. The van der Waals surface area contributed by atoms with Gasteiger partial charge in [-0.3, -0.25) is 9.59 Å². The lowest BCUT2D eigenvalue weighted by molar-refractivity contribution is -0.143. The molecule has 2 amide bonds. The Labute approximate surface area is 228 Å². The van der Waals surface area contributed by atoms with E-state index in [-0.39, 0.29) is 37.7 Å². The molecule has 7 heteroatoms. The van der Waals surface area contributed by atoms with Crippen LogP contribution in [0.1, 0.15) is 42.2 Å². The van der Waals surface area contributed by atoms with Crippen LogP contribution in [0.25, 0.3) is 0 Å². The van der Waals surface area contributed by atoms with Crippen LogP contribution in [0.2, 0.25) is 0 Å². The van der Waals surface area contributed by atoms with E-state index in [0.29, 0.717) is 23.8 Å². The van der Waals surface area contributed by atoms with Crippen molar-refractivity contribution >= 4 is 11.8 Å². The van der Waals surface area contributed by atoms with Crippen molar-refractivity contribution in [1.29, 1.82) is 0 Å². The van der Waals surface area contributed by atoms with Gasteiger partial charge in [-0.1, -0.05) is 66.7 Å². The molecule has 0 spiro atoms. The molecule has 1 aliphatic rings. The van der Waals surface area contributed by atoms with E-state index in [1.165, 1.54) is 0 Å². The SMILES string of the molecule is CC(C)N(CC(=O)N(Cc1ccc2c(c1)OCO2)Cc1ccco1)C(=O)C(c1ccccc1)c1ccccc1. The zero-order valence-electron chi connectivity index (χ0n) is 22.2. The molecule has 0 N–H and O–H groups in total. The highest BCUT2D eigenvalue weighted by Crippen LogP contribution is 2.33. The van der Waals surface area contributed by atoms with Crippen molar-refractivity contribution in [3.63, 3.8) is 0 Å². The second kappa shape index (κ2) is 11.9. The largest absolute Gasteiger partial charge is 0.467 e. The maximum Gasteiger partial charge on any atom is 0.242 e. The minimum absolute atomic E-state index is 0.0576. The van der Waals surface area contributed by atoms with Crippen molar-refractivity contribution in [3.8, 4) is 11.5 Å². The smallest absolute Gasteiger partial charge is 0.242 e. The Morgan fingerprint density at radius 3 is 2.08 bits per heavy atom. The molecular formula is C32H32N2O5. The molecule has 7 nitrogen and oxygen atoms in total. The number of furan rings is 1. The molecule has 1 aromatic heterocycles. The van der Waals surface area contributed by atoms with Gasteiger partial charge in [-0.05, 0) is 54.8 Å². The Balaban J connectivity index is 1.41. The van der Waals surface area contributed by atoms with E-state index in [1.54, 1.807) is 22.1 Å². The fraction of sp³-hybridized carbons (Fsp3) is 0.250.